The normalized spacial score (nSPS) is 14.0. The Balaban J connectivity index is 1.27. The van der Waals surface area contributed by atoms with E-state index >= 15 is 4.39 Å². The minimum absolute atomic E-state index is 0.0869. The van der Waals surface area contributed by atoms with Crippen molar-refractivity contribution in [3.63, 3.8) is 0 Å². The first-order valence-electron chi connectivity index (χ1n) is 15.2. The highest BCUT2D eigenvalue weighted by atomic mass is 19.1. The topological polar surface area (TPSA) is 76.3 Å². The van der Waals surface area contributed by atoms with E-state index in [0.29, 0.717) is 11.2 Å². The molecule has 2 N–H and O–H groups in total. The van der Waals surface area contributed by atoms with Gasteiger partial charge in [-0.1, -0.05) is 109 Å². The molecule has 224 valence electrons. The molecule has 0 aliphatic heterocycles. The van der Waals surface area contributed by atoms with Gasteiger partial charge in [0, 0.05) is 6.04 Å². The van der Waals surface area contributed by atoms with Crippen LogP contribution in [-0.4, -0.2) is 26.3 Å². The summed E-state index contributed by atoms with van der Waals surface area (Å²) < 4.78 is 18.2. The predicted octanol–water partition coefficient (Wildman–Crippen LogP) is 6.84. The van der Waals surface area contributed by atoms with Crippen LogP contribution >= 0.6 is 0 Å². The number of hydrogen-bond donors (Lipinski definition) is 2. The maximum Gasteiger partial charge on any atom is 0.334 e. The molecule has 1 saturated carbocycles. The fourth-order valence-electron chi connectivity index (χ4n) is 6.44. The molecule has 1 aromatic heterocycles. The van der Waals surface area contributed by atoms with Gasteiger partial charge in [0.2, 0.25) is 0 Å². The number of rotatable bonds is 10. The van der Waals surface area contributed by atoms with Crippen molar-refractivity contribution >= 4 is 17.0 Å². The van der Waals surface area contributed by atoms with Crippen LogP contribution in [0.1, 0.15) is 41.1 Å². The molecule has 7 heteroatoms. The summed E-state index contributed by atoms with van der Waals surface area (Å²) in [7, 11) is 0. The van der Waals surface area contributed by atoms with Gasteiger partial charge in [0.05, 0.1) is 16.7 Å². The van der Waals surface area contributed by atoms with Crippen molar-refractivity contribution in [2.75, 3.05) is 0 Å². The van der Waals surface area contributed by atoms with Gasteiger partial charge >= 0.3 is 11.7 Å². The van der Waals surface area contributed by atoms with Crippen LogP contribution in [0, 0.1) is 5.82 Å². The number of nitrogens with one attached hydrogen (secondary N) is 1. The third-order valence-electron chi connectivity index (χ3n) is 8.70. The minimum Gasteiger partial charge on any atom is -0.480 e. The molecule has 1 fully saturated rings. The summed E-state index contributed by atoms with van der Waals surface area (Å²) in [6.07, 6.45) is 1.97. The average Bonchev–Trinajstić information content (AvgIpc) is 3.87. The van der Waals surface area contributed by atoms with E-state index in [-0.39, 0.29) is 23.7 Å². The van der Waals surface area contributed by atoms with Crippen molar-refractivity contribution < 1.29 is 14.3 Å². The van der Waals surface area contributed by atoms with Gasteiger partial charge in [0.1, 0.15) is 17.4 Å². The van der Waals surface area contributed by atoms with Gasteiger partial charge in [-0.15, -0.1) is 0 Å². The van der Waals surface area contributed by atoms with Crippen LogP contribution in [0.4, 0.5) is 4.39 Å². The molecule has 0 spiro atoms. The van der Waals surface area contributed by atoms with Crippen LogP contribution < -0.4 is 11.0 Å². The van der Waals surface area contributed by atoms with Crippen molar-refractivity contribution in [2.24, 2.45) is 0 Å². The van der Waals surface area contributed by atoms with Gasteiger partial charge in [-0.05, 0) is 65.8 Å². The Hall–Kier alpha value is -5.27. The van der Waals surface area contributed by atoms with Crippen LogP contribution in [-0.2, 0) is 16.8 Å². The van der Waals surface area contributed by atoms with Crippen LogP contribution in [0.3, 0.4) is 0 Å². The zero-order valence-electron chi connectivity index (χ0n) is 24.5. The second-order valence-electron chi connectivity index (χ2n) is 11.6. The van der Waals surface area contributed by atoms with Crippen molar-refractivity contribution in [2.45, 2.75) is 36.9 Å². The summed E-state index contributed by atoms with van der Waals surface area (Å²) in [5.74, 6) is -1.45. The molecule has 1 aliphatic rings. The Kier molecular flexibility index (Phi) is 7.39. The standard InChI is InChI=1S/C38H32FN3O3/c39-32-17-10-18-34-35(32)42(37(45)41(34)30-23-24-30)31-21-19-26(20-22-31)25-33(36(43)44)40-38(27-11-4-1-5-12-27,28-13-6-2-7-14-28)29-15-8-3-9-16-29/h1-22,30,33,40H,23-25H2,(H,43,44). The number of aromatic nitrogens is 2. The predicted molar refractivity (Wildman–Crippen MR) is 173 cm³/mol. The number of imidazole rings is 1. The van der Waals surface area contributed by atoms with E-state index in [0.717, 1.165) is 35.1 Å². The van der Waals surface area contributed by atoms with E-state index in [4.69, 9.17) is 0 Å². The highest BCUT2D eigenvalue weighted by Crippen LogP contribution is 2.38. The SMILES string of the molecule is O=C(O)C(Cc1ccc(-n2c(=O)n(C3CC3)c3cccc(F)c32)cc1)NC(c1ccccc1)(c1ccccc1)c1ccccc1. The molecule has 45 heavy (non-hydrogen) atoms. The Morgan fingerprint density at radius 2 is 1.31 bits per heavy atom. The second kappa shape index (κ2) is 11.7. The molecule has 0 radical (unpaired) electrons. The number of halogens is 1. The van der Waals surface area contributed by atoms with Gasteiger partial charge in [0.15, 0.2) is 0 Å². The minimum atomic E-state index is -0.989. The molecular formula is C38H32FN3O3. The first-order valence-corrected chi connectivity index (χ1v) is 15.2. The number of benzene rings is 5. The molecule has 1 unspecified atom stereocenters. The van der Waals surface area contributed by atoms with Crippen molar-refractivity contribution in [3.05, 3.63) is 172 Å². The molecule has 0 amide bonds. The number of fused-ring (bicyclic) bond motifs is 1. The lowest BCUT2D eigenvalue weighted by molar-refractivity contribution is -0.139. The molecule has 1 aliphatic carbocycles. The van der Waals surface area contributed by atoms with Crippen LogP contribution in [0.25, 0.3) is 16.7 Å². The van der Waals surface area contributed by atoms with Gasteiger partial charge in [0.25, 0.3) is 0 Å². The van der Waals surface area contributed by atoms with E-state index in [9.17, 15) is 14.7 Å². The molecule has 7 rings (SSSR count). The number of para-hydroxylation sites is 1. The maximum absolute atomic E-state index is 15.1. The van der Waals surface area contributed by atoms with E-state index < -0.39 is 23.4 Å². The third-order valence-corrected chi connectivity index (χ3v) is 8.70. The molecular weight excluding hydrogens is 565 g/mol. The van der Waals surface area contributed by atoms with E-state index in [1.54, 1.807) is 28.8 Å². The first kappa shape index (κ1) is 28.5. The Morgan fingerprint density at radius 3 is 1.80 bits per heavy atom. The zero-order valence-corrected chi connectivity index (χ0v) is 24.5. The molecule has 1 atom stereocenters. The summed E-state index contributed by atoms with van der Waals surface area (Å²) >= 11 is 0. The summed E-state index contributed by atoms with van der Waals surface area (Å²) in [6, 6.07) is 40.7. The van der Waals surface area contributed by atoms with E-state index in [2.05, 4.69) is 5.32 Å². The quantitative estimate of drug-likeness (QED) is 0.170. The third kappa shape index (κ3) is 5.15. The first-order chi connectivity index (χ1) is 22.0. The van der Waals surface area contributed by atoms with Crippen LogP contribution in [0.2, 0.25) is 0 Å². The van der Waals surface area contributed by atoms with Crippen LogP contribution in [0.5, 0.6) is 0 Å². The summed E-state index contributed by atoms with van der Waals surface area (Å²) in [5, 5.41) is 14.1. The fourth-order valence-corrected chi connectivity index (χ4v) is 6.44. The van der Waals surface area contributed by atoms with Gasteiger partial charge < -0.3 is 5.11 Å². The van der Waals surface area contributed by atoms with Crippen LogP contribution in [0.15, 0.2) is 138 Å². The van der Waals surface area contributed by atoms with E-state index in [1.807, 2.05) is 103 Å². The number of hydrogen-bond acceptors (Lipinski definition) is 3. The number of carboxylic acid groups (broad SMARTS) is 1. The number of carboxylic acids is 1. The van der Waals surface area contributed by atoms with Gasteiger partial charge in [-0.25, -0.2) is 9.18 Å². The van der Waals surface area contributed by atoms with Crippen molar-refractivity contribution in [1.29, 1.82) is 0 Å². The molecule has 0 saturated heterocycles. The van der Waals surface area contributed by atoms with Gasteiger partial charge in [-0.3, -0.25) is 19.2 Å². The monoisotopic (exact) mass is 597 g/mol. The summed E-state index contributed by atoms with van der Waals surface area (Å²) in [4.78, 5) is 26.4. The van der Waals surface area contributed by atoms with E-state index in [1.165, 1.54) is 10.6 Å². The zero-order chi connectivity index (χ0) is 31.0. The average molecular weight is 598 g/mol. The lowest BCUT2D eigenvalue weighted by Crippen LogP contribution is -2.53. The maximum atomic E-state index is 15.1. The lowest BCUT2D eigenvalue weighted by atomic mass is 9.76. The second-order valence-corrected chi connectivity index (χ2v) is 11.6. The molecule has 0 bridgehead atoms. The highest BCUT2D eigenvalue weighted by molar-refractivity contribution is 5.79. The Labute approximate surface area is 260 Å². The largest absolute Gasteiger partial charge is 0.480 e. The fraction of sp³-hybridized carbons (Fsp3) is 0.158. The highest BCUT2D eigenvalue weighted by Gasteiger charge is 2.40. The summed E-state index contributed by atoms with van der Waals surface area (Å²) in [6.45, 7) is 0. The number of carbonyl (C=O) groups is 1. The molecule has 1 heterocycles. The lowest BCUT2D eigenvalue weighted by Gasteiger charge is -2.39. The molecule has 6 aromatic rings. The number of nitrogens with zero attached hydrogens (tertiary/aromatic N) is 2. The van der Waals surface area contributed by atoms with Gasteiger partial charge in [-0.2, -0.15) is 0 Å². The molecule has 6 nitrogen and oxygen atoms in total. The van der Waals surface area contributed by atoms with Crippen molar-refractivity contribution in [1.82, 2.24) is 14.5 Å². The smallest absolute Gasteiger partial charge is 0.334 e. The Bertz CT molecular complexity index is 1920. The molecule has 5 aromatic carbocycles. The number of aliphatic carboxylic acids is 1. The Morgan fingerprint density at radius 1 is 0.778 bits per heavy atom. The summed E-state index contributed by atoms with van der Waals surface area (Å²) in [5.41, 5.74) is 3.65. The van der Waals surface area contributed by atoms with Crippen molar-refractivity contribution in [3.8, 4) is 5.69 Å².